The second kappa shape index (κ2) is 6.08. The highest BCUT2D eigenvalue weighted by molar-refractivity contribution is 8.00. The van der Waals surface area contributed by atoms with Gasteiger partial charge in [0.25, 0.3) is 0 Å². The van der Waals surface area contributed by atoms with Crippen LogP contribution in [0.2, 0.25) is 0 Å². The van der Waals surface area contributed by atoms with Gasteiger partial charge in [-0.3, -0.25) is 0 Å². The van der Waals surface area contributed by atoms with Crippen LogP contribution in [-0.4, -0.2) is 11.8 Å². The van der Waals surface area contributed by atoms with Crippen LogP contribution in [0.5, 0.6) is 0 Å². The van der Waals surface area contributed by atoms with Crippen molar-refractivity contribution in [3.63, 3.8) is 0 Å². The van der Waals surface area contributed by atoms with Gasteiger partial charge in [-0.05, 0) is 31.9 Å². The molecule has 1 saturated carbocycles. The predicted molar refractivity (Wildman–Crippen MR) is 75.3 cm³/mol. The maximum atomic E-state index is 5.92. The van der Waals surface area contributed by atoms with E-state index in [-0.39, 0.29) is 0 Å². The highest BCUT2D eigenvalue weighted by atomic mass is 32.2. The number of hydrogen-bond acceptors (Lipinski definition) is 3. The molecule has 0 spiro atoms. The van der Waals surface area contributed by atoms with E-state index in [1.165, 1.54) is 41.9 Å². The molecule has 0 amide bonds. The highest BCUT2D eigenvalue weighted by Gasteiger charge is 2.20. The maximum Gasteiger partial charge on any atom is 0.0516 e. The molecule has 1 atom stereocenters. The average molecular weight is 255 g/mol. The van der Waals surface area contributed by atoms with Crippen molar-refractivity contribution in [1.29, 1.82) is 0 Å². The van der Waals surface area contributed by atoms with Gasteiger partial charge in [-0.1, -0.05) is 19.3 Å². The molecule has 1 aliphatic rings. The molecule has 2 rings (SSSR count). The highest BCUT2D eigenvalue weighted by Crippen LogP contribution is 2.40. The van der Waals surface area contributed by atoms with Crippen LogP contribution in [0.1, 0.15) is 47.1 Å². The lowest BCUT2D eigenvalue weighted by molar-refractivity contribution is 0.515. The van der Waals surface area contributed by atoms with Gasteiger partial charge >= 0.3 is 0 Å². The maximum absolute atomic E-state index is 5.92. The second-order valence-electron chi connectivity index (χ2n) is 4.57. The molecule has 1 aliphatic carbocycles. The van der Waals surface area contributed by atoms with Crippen LogP contribution in [0.15, 0.2) is 12.1 Å². The van der Waals surface area contributed by atoms with Crippen molar-refractivity contribution >= 4 is 23.1 Å². The molecule has 1 aromatic heterocycles. The van der Waals surface area contributed by atoms with Crippen molar-refractivity contribution in [3.8, 4) is 0 Å². The van der Waals surface area contributed by atoms with E-state index in [9.17, 15) is 0 Å². The molecular formula is C13H21NS2. The Kier molecular flexibility index (Phi) is 4.74. The smallest absolute Gasteiger partial charge is 0.0516 e. The van der Waals surface area contributed by atoms with Crippen molar-refractivity contribution in [3.05, 3.63) is 21.9 Å². The Morgan fingerprint density at radius 2 is 2.12 bits per heavy atom. The number of rotatable bonds is 4. The standard InChI is InChI=1S/C13H21NS2/c1-10-7-8-12(15-10)13(9-14)16-11-5-3-2-4-6-11/h7-8,11,13H,2-6,9,14H2,1H3. The van der Waals surface area contributed by atoms with Gasteiger partial charge in [0.2, 0.25) is 0 Å². The summed E-state index contributed by atoms with van der Waals surface area (Å²) in [5, 5.41) is 1.38. The largest absolute Gasteiger partial charge is 0.329 e. The van der Waals surface area contributed by atoms with Crippen LogP contribution >= 0.6 is 23.1 Å². The first kappa shape index (κ1) is 12.5. The Bertz CT molecular complexity index is 315. The molecule has 0 saturated heterocycles. The fourth-order valence-corrected chi connectivity index (χ4v) is 4.88. The van der Waals surface area contributed by atoms with E-state index in [4.69, 9.17) is 5.73 Å². The molecule has 0 bridgehead atoms. The van der Waals surface area contributed by atoms with E-state index in [1.807, 2.05) is 11.3 Å². The van der Waals surface area contributed by atoms with Gasteiger partial charge in [0.15, 0.2) is 0 Å². The Labute approximate surface area is 107 Å². The summed E-state index contributed by atoms with van der Waals surface area (Å²) in [6.45, 7) is 2.95. The summed E-state index contributed by atoms with van der Waals surface area (Å²) >= 11 is 4.03. The van der Waals surface area contributed by atoms with Crippen molar-refractivity contribution < 1.29 is 0 Å². The third kappa shape index (κ3) is 3.25. The van der Waals surface area contributed by atoms with Crippen LogP contribution in [0.25, 0.3) is 0 Å². The van der Waals surface area contributed by atoms with Crippen molar-refractivity contribution in [1.82, 2.24) is 0 Å². The molecule has 1 aromatic rings. The van der Waals surface area contributed by atoms with Gasteiger partial charge in [0.1, 0.15) is 0 Å². The Morgan fingerprint density at radius 3 is 2.69 bits per heavy atom. The quantitative estimate of drug-likeness (QED) is 0.875. The van der Waals surface area contributed by atoms with Gasteiger partial charge in [0.05, 0.1) is 5.25 Å². The number of aryl methyl sites for hydroxylation is 1. The summed E-state index contributed by atoms with van der Waals surface area (Å²) in [6.07, 6.45) is 7.05. The van der Waals surface area contributed by atoms with E-state index < -0.39 is 0 Å². The minimum absolute atomic E-state index is 0.529. The van der Waals surface area contributed by atoms with Crippen molar-refractivity contribution in [2.75, 3.05) is 6.54 Å². The van der Waals surface area contributed by atoms with Crippen molar-refractivity contribution in [2.24, 2.45) is 5.73 Å². The van der Waals surface area contributed by atoms with E-state index in [1.54, 1.807) is 0 Å². The fourth-order valence-electron chi connectivity index (χ4n) is 2.30. The van der Waals surface area contributed by atoms with Gasteiger partial charge < -0.3 is 5.73 Å². The number of thiophene rings is 1. The van der Waals surface area contributed by atoms with Gasteiger partial charge in [-0.25, -0.2) is 0 Å². The lowest BCUT2D eigenvalue weighted by Gasteiger charge is -2.25. The number of hydrogen-bond donors (Lipinski definition) is 1. The molecule has 1 fully saturated rings. The molecule has 1 nitrogen and oxygen atoms in total. The molecule has 1 heterocycles. The first-order valence-electron chi connectivity index (χ1n) is 6.21. The summed E-state index contributed by atoms with van der Waals surface area (Å²) in [5.74, 6) is 0. The van der Waals surface area contributed by atoms with E-state index in [0.717, 1.165) is 11.8 Å². The molecule has 0 radical (unpaired) electrons. The normalized spacial score (nSPS) is 19.9. The molecule has 2 N–H and O–H groups in total. The zero-order valence-electron chi connectivity index (χ0n) is 9.95. The molecule has 1 unspecified atom stereocenters. The average Bonchev–Trinajstić information content (AvgIpc) is 2.74. The van der Waals surface area contributed by atoms with Crippen LogP contribution in [0, 0.1) is 6.92 Å². The Balaban J connectivity index is 1.94. The van der Waals surface area contributed by atoms with Gasteiger partial charge in [-0.2, -0.15) is 0 Å². The number of nitrogens with two attached hydrogens (primary N) is 1. The zero-order valence-corrected chi connectivity index (χ0v) is 11.6. The third-order valence-electron chi connectivity index (χ3n) is 3.20. The number of thioether (sulfide) groups is 1. The SMILES string of the molecule is Cc1ccc(C(CN)SC2CCCCC2)s1. The lowest BCUT2D eigenvalue weighted by atomic mass is 10.0. The van der Waals surface area contributed by atoms with Gasteiger partial charge in [0, 0.05) is 21.5 Å². The fraction of sp³-hybridized carbons (Fsp3) is 0.692. The summed E-state index contributed by atoms with van der Waals surface area (Å²) in [6, 6.07) is 4.47. The summed E-state index contributed by atoms with van der Waals surface area (Å²) in [5.41, 5.74) is 5.92. The molecule has 90 valence electrons. The van der Waals surface area contributed by atoms with Crippen LogP contribution in [0.4, 0.5) is 0 Å². The Morgan fingerprint density at radius 1 is 1.38 bits per heavy atom. The van der Waals surface area contributed by atoms with E-state index >= 15 is 0 Å². The zero-order chi connectivity index (χ0) is 11.4. The topological polar surface area (TPSA) is 26.0 Å². The lowest BCUT2D eigenvalue weighted by Crippen LogP contribution is -2.15. The summed E-state index contributed by atoms with van der Waals surface area (Å²) in [4.78, 5) is 2.87. The Hall–Kier alpha value is 0.01000. The van der Waals surface area contributed by atoms with Crippen LogP contribution in [0.3, 0.4) is 0 Å². The predicted octanol–water partition coefficient (Wildman–Crippen LogP) is 4.12. The summed E-state index contributed by atoms with van der Waals surface area (Å²) in [7, 11) is 0. The molecule has 16 heavy (non-hydrogen) atoms. The minimum Gasteiger partial charge on any atom is -0.329 e. The first-order valence-corrected chi connectivity index (χ1v) is 7.97. The molecular weight excluding hydrogens is 234 g/mol. The van der Waals surface area contributed by atoms with E-state index in [0.29, 0.717) is 5.25 Å². The third-order valence-corrected chi connectivity index (χ3v) is 6.10. The molecule has 0 aliphatic heterocycles. The van der Waals surface area contributed by atoms with Crippen LogP contribution in [-0.2, 0) is 0 Å². The monoisotopic (exact) mass is 255 g/mol. The summed E-state index contributed by atoms with van der Waals surface area (Å²) < 4.78 is 0. The second-order valence-corrected chi connectivity index (χ2v) is 7.40. The molecule has 0 aromatic carbocycles. The van der Waals surface area contributed by atoms with Gasteiger partial charge in [-0.15, -0.1) is 23.1 Å². The van der Waals surface area contributed by atoms with E-state index in [2.05, 4.69) is 30.8 Å². The first-order chi connectivity index (χ1) is 7.79. The van der Waals surface area contributed by atoms with Crippen LogP contribution < -0.4 is 5.73 Å². The minimum atomic E-state index is 0.529. The van der Waals surface area contributed by atoms with Crippen molar-refractivity contribution in [2.45, 2.75) is 49.5 Å². The molecule has 3 heteroatoms.